The highest BCUT2D eigenvalue weighted by Crippen LogP contribution is 2.46. The highest BCUT2D eigenvalue weighted by atomic mass is 19.2. The van der Waals surface area contributed by atoms with Crippen LogP contribution in [0.4, 0.5) is 8.78 Å². The Kier molecular flexibility index (Phi) is 9.81. The van der Waals surface area contributed by atoms with Gasteiger partial charge in [-0.15, -0.1) is 6.58 Å². The second kappa shape index (κ2) is 13.0. The monoisotopic (exact) mass is 480 g/mol. The lowest BCUT2D eigenvalue weighted by atomic mass is 9.66. The average molecular weight is 481 g/mol. The van der Waals surface area contributed by atoms with Crippen LogP contribution in [-0.4, -0.2) is 0 Å². The van der Waals surface area contributed by atoms with E-state index in [0.717, 1.165) is 73.7 Å². The SMILES string of the molecule is C=CC1CCC(C2CCC(C3CC=C(c4ccc(CCC=CCCC)c(F)c4F)CC3)CC2)CC1. The molecule has 0 saturated heterocycles. The number of allylic oxidation sites excluding steroid dienone is 5. The summed E-state index contributed by atoms with van der Waals surface area (Å²) < 4.78 is 29.7. The molecule has 1 aromatic rings. The second-order valence-corrected chi connectivity index (χ2v) is 11.5. The Morgan fingerprint density at radius 2 is 1.43 bits per heavy atom. The zero-order valence-corrected chi connectivity index (χ0v) is 21.9. The van der Waals surface area contributed by atoms with Gasteiger partial charge in [0, 0.05) is 5.56 Å². The lowest BCUT2D eigenvalue weighted by Gasteiger charge is -2.40. The number of hydrogen-bond acceptors (Lipinski definition) is 0. The van der Waals surface area contributed by atoms with Gasteiger partial charge in [-0.25, -0.2) is 8.78 Å². The average Bonchev–Trinajstić information content (AvgIpc) is 2.91. The summed E-state index contributed by atoms with van der Waals surface area (Å²) in [5.74, 6) is 2.89. The summed E-state index contributed by atoms with van der Waals surface area (Å²) in [5, 5.41) is 0. The van der Waals surface area contributed by atoms with Crippen LogP contribution < -0.4 is 0 Å². The van der Waals surface area contributed by atoms with Crippen LogP contribution in [0.3, 0.4) is 0 Å². The van der Waals surface area contributed by atoms with Gasteiger partial charge in [0.15, 0.2) is 11.6 Å². The summed E-state index contributed by atoms with van der Waals surface area (Å²) in [6, 6.07) is 3.63. The van der Waals surface area contributed by atoms with Crippen molar-refractivity contribution < 1.29 is 8.78 Å². The van der Waals surface area contributed by atoms with Crippen LogP contribution >= 0.6 is 0 Å². The van der Waals surface area contributed by atoms with Crippen LogP contribution in [0.15, 0.2) is 43.0 Å². The fraction of sp³-hybridized carbons (Fsp3) is 0.636. The quantitative estimate of drug-likeness (QED) is 0.308. The minimum Gasteiger partial charge on any atom is -0.203 e. The Labute approximate surface area is 213 Å². The maximum Gasteiger partial charge on any atom is 0.166 e. The first-order chi connectivity index (χ1) is 17.1. The number of benzene rings is 1. The van der Waals surface area contributed by atoms with Gasteiger partial charge in [0.2, 0.25) is 0 Å². The van der Waals surface area contributed by atoms with E-state index in [-0.39, 0.29) is 0 Å². The molecule has 0 spiro atoms. The third kappa shape index (κ3) is 6.75. The Bertz CT molecular complexity index is 879. The van der Waals surface area contributed by atoms with E-state index in [1.54, 1.807) is 6.07 Å². The van der Waals surface area contributed by atoms with Gasteiger partial charge in [-0.1, -0.05) is 49.8 Å². The summed E-state index contributed by atoms with van der Waals surface area (Å²) >= 11 is 0. The number of rotatable bonds is 9. The van der Waals surface area contributed by atoms with Crippen LogP contribution in [0.1, 0.15) is 108 Å². The van der Waals surface area contributed by atoms with E-state index in [4.69, 9.17) is 0 Å². The highest BCUT2D eigenvalue weighted by Gasteiger charge is 2.33. The fourth-order valence-electron chi connectivity index (χ4n) is 7.14. The summed E-state index contributed by atoms with van der Waals surface area (Å²) in [5.41, 5.74) is 2.00. The lowest BCUT2D eigenvalue weighted by molar-refractivity contribution is 0.128. The summed E-state index contributed by atoms with van der Waals surface area (Å²) in [4.78, 5) is 0. The van der Waals surface area contributed by atoms with E-state index in [1.165, 1.54) is 51.4 Å². The van der Waals surface area contributed by atoms with Crippen LogP contribution in [0.5, 0.6) is 0 Å². The second-order valence-electron chi connectivity index (χ2n) is 11.5. The van der Waals surface area contributed by atoms with Crippen molar-refractivity contribution in [1.82, 2.24) is 0 Å². The molecule has 0 N–H and O–H groups in total. The minimum absolute atomic E-state index is 0.491. The Hall–Kier alpha value is -1.70. The molecule has 35 heavy (non-hydrogen) atoms. The van der Waals surface area contributed by atoms with Gasteiger partial charge in [0.05, 0.1) is 0 Å². The molecule has 0 radical (unpaired) electrons. The van der Waals surface area contributed by atoms with Gasteiger partial charge in [-0.3, -0.25) is 0 Å². The molecule has 3 aliphatic rings. The van der Waals surface area contributed by atoms with Gasteiger partial charge < -0.3 is 0 Å². The molecule has 0 amide bonds. The molecule has 0 bridgehead atoms. The van der Waals surface area contributed by atoms with E-state index in [9.17, 15) is 8.78 Å². The third-order valence-corrected chi connectivity index (χ3v) is 9.46. The van der Waals surface area contributed by atoms with Gasteiger partial charge in [-0.2, -0.15) is 0 Å². The predicted octanol–water partition coefficient (Wildman–Crippen LogP) is 10.2. The van der Waals surface area contributed by atoms with Crippen LogP contribution in [0.2, 0.25) is 0 Å². The Morgan fingerprint density at radius 1 is 0.800 bits per heavy atom. The molecule has 1 atom stereocenters. The first kappa shape index (κ1) is 26.4. The van der Waals surface area contributed by atoms with Crippen molar-refractivity contribution in [2.75, 3.05) is 0 Å². The summed E-state index contributed by atoms with van der Waals surface area (Å²) in [6.45, 7) is 6.13. The number of halogens is 2. The molecule has 0 aliphatic heterocycles. The van der Waals surface area contributed by atoms with Crippen molar-refractivity contribution in [2.24, 2.45) is 29.6 Å². The number of aryl methyl sites for hydroxylation is 1. The van der Waals surface area contributed by atoms with E-state index in [2.05, 4.69) is 37.8 Å². The predicted molar refractivity (Wildman–Crippen MR) is 145 cm³/mol. The first-order valence-electron chi connectivity index (χ1n) is 14.5. The van der Waals surface area contributed by atoms with Crippen LogP contribution in [0, 0.1) is 41.2 Å². The van der Waals surface area contributed by atoms with Crippen molar-refractivity contribution in [2.45, 2.75) is 103 Å². The molecule has 1 unspecified atom stereocenters. The molecule has 0 nitrogen and oxygen atoms in total. The molecule has 1 aromatic carbocycles. The van der Waals surface area contributed by atoms with Crippen molar-refractivity contribution in [3.05, 3.63) is 65.8 Å². The topological polar surface area (TPSA) is 0 Å². The fourth-order valence-corrected chi connectivity index (χ4v) is 7.14. The zero-order valence-electron chi connectivity index (χ0n) is 21.9. The smallest absolute Gasteiger partial charge is 0.166 e. The van der Waals surface area contributed by atoms with Crippen LogP contribution in [-0.2, 0) is 6.42 Å². The molecule has 3 aliphatic carbocycles. The molecule has 2 heteroatoms. The highest BCUT2D eigenvalue weighted by molar-refractivity contribution is 5.67. The summed E-state index contributed by atoms with van der Waals surface area (Å²) in [6.07, 6.45) is 26.1. The van der Waals surface area contributed by atoms with E-state index < -0.39 is 11.6 Å². The maximum absolute atomic E-state index is 15.0. The third-order valence-electron chi connectivity index (χ3n) is 9.46. The van der Waals surface area contributed by atoms with Gasteiger partial charge in [0.25, 0.3) is 0 Å². The standard InChI is InChI=1S/C33H46F2/c1-3-5-6-7-8-9-30-22-23-31(33(35)32(30)34)29-20-18-28(19-21-29)27-16-14-26(15-17-27)25-12-10-24(4-2)11-13-25/h4,6-7,20,22-28H,2-3,5,8-19,21H2,1H3. The molecular formula is C33H46F2. The number of hydrogen-bond donors (Lipinski definition) is 0. The van der Waals surface area contributed by atoms with E-state index in [1.807, 2.05) is 6.07 Å². The molecule has 2 saturated carbocycles. The minimum atomic E-state index is -0.644. The van der Waals surface area contributed by atoms with Gasteiger partial charge in [0.1, 0.15) is 0 Å². The van der Waals surface area contributed by atoms with E-state index >= 15 is 0 Å². The molecule has 0 heterocycles. The van der Waals surface area contributed by atoms with Crippen molar-refractivity contribution >= 4 is 5.57 Å². The molecule has 192 valence electrons. The first-order valence-corrected chi connectivity index (χ1v) is 14.5. The molecule has 0 aromatic heterocycles. The Morgan fingerprint density at radius 3 is 2.03 bits per heavy atom. The zero-order chi connectivity index (χ0) is 24.6. The normalized spacial score (nSPS) is 29.8. The maximum atomic E-state index is 15.0. The Balaban J connectivity index is 1.27. The number of unbranched alkanes of at least 4 members (excludes halogenated alkanes) is 1. The lowest BCUT2D eigenvalue weighted by Crippen LogP contribution is -2.28. The largest absolute Gasteiger partial charge is 0.203 e. The molecular weight excluding hydrogens is 434 g/mol. The van der Waals surface area contributed by atoms with Crippen molar-refractivity contribution in [3.63, 3.8) is 0 Å². The van der Waals surface area contributed by atoms with Gasteiger partial charge in [-0.05, 0) is 131 Å². The van der Waals surface area contributed by atoms with Crippen molar-refractivity contribution in [3.8, 4) is 0 Å². The molecule has 2 fully saturated rings. The van der Waals surface area contributed by atoms with Crippen molar-refractivity contribution in [1.29, 1.82) is 0 Å². The molecule has 4 rings (SSSR count). The summed E-state index contributed by atoms with van der Waals surface area (Å²) in [7, 11) is 0. The van der Waals surface area contributed by atoms with E-state index in [0.29, 0.717) is 17.5 Å². The van der Waals surface area contributed by atoms with Crippen LogP contribution in [0.25, 0.3) is 5.57 Å². The van der Waals surface area contributed by atoms with Gasteiger partial charge >= 0.3 is 0 Å².